The topological polar surface area (TPSA) is 184 Å². The van der Waals surface area contributed by atoms with Gasteiger partial charge in [-0.1, -0.05) is 180 Å². The molecule has 2 unspecified atom stereocenters. The van der Waals surface area contributed by atoms with Crippen LogP contribution in [0.25, 0.3) is 50.1 Å². The average Bonchev–Trinajstić information content (AvgIpc) is 0.937. The van der Waals surface area contributed by atoms with E-state index >= 15 is 0 Å². The third kappa shape index (κ3) is 15.8. The van der Waals surface area contributed by atoms with E-state index in [-0.39, 0.29) is 17.4 Å². The molecule has 9 aromatic carbocycles. The molecular formula is C82H60O14. The lowest BCUT2D eigenvalue weighted by Crippen LogP contribution is -2.14. The Kier molecular flexibility index (Phi) is 20.8. The molecule has 472 valence electrons. The molecule has 0 aromatic heterocycles. The molecule has 10 rings (SSSR count). The summed E-state index contributed by atoms with van der Waals surface area (Å²) < 4.78 is 39.6. The predicted molar refractivity (Wildman–Crippen MR) is 368 cm³/mol. The van der Waals surface area contributed by atoms with Crippen molar-refractivity contribution in [1.82, 2.24) is 0 Å². The third-order valence-corrected chi connectivity index (χ3v) is 15.5. The van der Waals surface area contributed by atoms with E-state index in [2.05, 4.69) is 58.2 Å². The molecule has 96 heavy (non-hydrogen) atoms. The van der Waals surface area contributed by atoms with Crippen LogP contribution in [-0.4, -0.2) is 41.8 Å². The van der Waals surface area contributed by atoms with Crippen molar-refractivity contribution in [3.63, 3.8) is 0 Å². The molecular weight excluding hydrogens is 1210 g/mol. The maximum Gasteiger partial charge on any atom is 0.335 e. The molecule has 14 heteroatoms. The van der Waals surface area contributed by atoms with Gasteiger partial charge in [-0.15, -0.1) is 0 Å². The molecule has 14 nitrogen and oxygen atoms in total. The highest BCUT2D eigenvalue weighted by Gasteiger charge is 2.31. The molecule has 0 aliphatic heterocycles. The van der Waals surface area contributed by atoms with E-state index in [4.69, 9.17) is 33.2 Å². The van der Waals surface area contributed by atoms with E-state index in [9.17, 15) is 33.6 Å². The molecule has 2 atom stereocenters. The summed E-state index contributed by atoms with van der Waals surface area (Å²) in [5.74, 6) is -4.30. The number of ether oxygens (including phenoxy) is 7. The Morgan fingerprint density at radius 3 is 0.885 bits per heavy atom. The van der Waals surface area contributed by atoms with Crippen molar-refractivity contribution in [3.05, 3.63) is 340 Å². The van der Waals surface area contributed by atoms with Crippen molar-refractivity contribution in [2.45, 2.75) is 11.8 Å². The SMILES string of the molecule is C=CC(=O)Oc1ccc(C2=CC(C(c3ccc(-c4ccc(C(c5cc(-c6ccc(OC(=O)C=C)cc6)ccc5OC(=O)C=C)c5cc(-c6ccc(OC(=O)C=C)cc6)ccc5OC(=O)C=C)cc4)cc3)c3cc(-c4ccc(OC(=O)C=C)cc4)ccc3OC(=O)C=C)C=C2)cc1. The second-order valence-electron chi connectivity index (χ2n) is 21.4. The Morgan fingerprint density at radius 1 is 0.292 bits per heavy atom. The highest BCUT2D eigenvalue weighted by Crippen LogP contribution is 2.47. The molecule has 0 fully saturated rings. The fourth-order valence-electron chi connectivity index (χ4n) is 10.9. The predicted octanol–water partition coefficient (Wildman–Crippen LogP) is 16.6. The van der Waals surface area contributed by atoms with Gasteiger partial charge < -0.3 is 33.2 Å². The zero-order chi connectivity index (χ0) is 67.8. The Morgan fingerprint density at radius 2 is 0.552 bits per heavy atom. The van der Waals surface area contributed by atoms with E-state index in [0.717, 1.165) is 81.5 Å². The van der Waals surface area contributed by atoms with Gasteiger partial charge in [0.15, 0.2) is 0 Å². The highest BCUT2D eigenvalue weighted by atomic mass is 16.6. The van der Waals surface area contributed by atoms with E-state index in [1.165, 1.54) is 0 Å². The number of hydrogen-bond acceptors (Lipinski definition) is 14. The Bertz CT molecular complexity index is 4490. The summed E-state index contributed by atoms with van der Waals surface area (Å²) in [6.07, 6.45) is 13.8. The number of carbonyl (C=O) groups excluding carboxylic acids is 7. The number of carbonyl (C=O) groups is 7. The van der Waals surface area contributed by atoms with Crippen molar-refractivity contribution < 1.29 is 66.7 Å². The third-order valence-electron chi connectivity index (χ3n) is 15.5. The number of rotatable bonds is 25. The van der Waals surface area contributed by atoms with E-state index < -0.39 is 53.6 Å². The maximum atomic E-state index is 13.3. The number of esters is 7. The minimum Gasteiger partial charge on any atom is -0.423 e. The van der Waals surface area contributed by atoms with Crippen LogP contribution in [0.5, 0.6) is 40.2 Å². The molecule has 9 aromatic rings. The summed E-state index contributed by atoms with van der Waals surface area (Å²) in [7, 11) is 0. The van der Waals surface area contributed by atoms with Crippen LogP contribution in [0.2, 0.25) is 0 Å². The smallest absolute Gasteiger partial charge is 0.335 e. The lowest BCUT2D eigenvalue weighted by Gasteiger charge is -2.26. The van der Waals surface area contributed by atoms with Crippen LogP contribution in [0.15, 0.2) is 307 Å². The quantitative estimate of drug-likeness (QED) is 0.0228. The molecule has 0 radical (unpaired) electrons. The van der Waals surface area contributed by atoms with Crippen LogP contribution in [-0.2, 0) is 33.6 Å². The molecule has 1 aliphatic rings. The summed E-state index contributed by atoms with van der Waals surface area (Å²) in [5, 5.41) is 0. The number of hydrogen-bond donors (Lipinski definition) is 0. The van der Waals surface area contributed by atoms with Gasteiger partial charge in [-0.05, 0) is 152 Å². The van der Waals surface area contributed by atoms with Crippen molar-refractivity contribution in [3.8, 4) is 84.8 Å². The van der Waals surface area contributed by atoms with Crippen molar-refractivity contribution >= 4 is 47.4 Å². The van der Waals surface area contributed by atoms with Crippen LogP contribution in [0.1, 0.15) is 45.2 Å². The lowest BCUT2D eigenvalue weighted by molar-refractivity contribution is -0.130. The molecule has 0 spiro atoms. The summed E-state index contributed by atoms with van der Waals surface area (Å²) >= 11 is 0. The summed E-state index contributed by atoms with van der Waals surface area (Å²) in [6, 6.07) is 59.9. The first-order valence-corrected chi connectivity index (χ1v) is 29.9. The first-order valence-electron chi connectivity index (χ1n) is 29.9. The van der Waals surface area contributed by atoms with Gasteiger partial charge in [-0.2, -0.15) is 0 Å². The van der Waals surface area contributed by atoms with Crippen molar-refractivity contribution in [2.24, 2.45) is 5.92 Å². The van der Waals surface area contributed by atoms with Crippen LogP contribution in [0.3, 0.4) is 0 Å². The standard InChI is InChI=1S/C82H60O14/c1-8-74(83)90-64-36-25-53(26-37-64)59-23-24-63(47-59)81(68-48-60(33-44-71(68)94-78(87)12-5)54-27-38-65(39-28-54)91-75(84)9-2)57-19-15-51(16-20-57)52-17-21-58(22-18-52)82(69-49-61(34-45-72(69)95-79(88)13-6)55-29-40-66(41-30-55)92-76(85)10-3)70-50-62(35-46-73(70)96-80(89)14-7)56-31-42-67(43-32-56)93-77(86)11-4/h8-50,63,81-82H,1-7H2. The largest absolute Gasteiger partial charge is 0.423 e. The summed E-state index contributed by atoms with van der Waals surface area (Å²) in [6.45, 7) is 25.0. The highest BCUT2D eigenvalue weighted by molar-refractivity contribution is 5.88. The zero-order valence-electron chi connectivity index (χ0n) is 51.7. The van der Waals surface area contributed by atoms with E-state index in [0.29, 0.717) is 73.3 Å². The fourth-order valence-corrected chi connectivity index (χ4v) is 10.9. The second-order valence-corrected chi connectivity index (χ2v) is 21.4. The molecule has 0 saturated heterocycles. The van der Waals surface area contributed by atoms with Crippen LogP contribution in [0, 0.1) is 5.92 Å². The Hall–Kier alpha value is -13.1. The zero-order valence-corrected chi connectivity index (χ0v) is 51.7. The minimum atomic E-state index is -0.860. The number of allylic oxidation sites excluding steroid dienone is 4. The van der Waals surface area contributed by atoms with E-state index in [1.807, 2.05) is 103 Å². The van der Waals surface area contributed by atoms with Gasteiger partial charge in [0.1, 0.15) is 40.2 Å². The Labute approximate surface area is 554 Å². The van der Waals surface area contributed by atoms with Gasteiger partial charge in [0, 0.05) is 77.0 Å². The minimum absolute atomic E-state index is 0.167. The normalized spacial score (nSPS) is 12.3. The number of benzene rings is 9. The Balaban J connectivity index is 1.10. The van der Waals surface area contributed by atoms with Crippen LogP contribution in [0.4, 0.5) is 0 Å². The molecule has 0 bridgehead atoms. The van der Waals surface area contributed by atoms with Crippen molar-refractivity contribution in [1.29, 1.82) is 0 Å². The first-order chi connectivity index (χ1) is 46.6. The van der Waals surface area contributed by atoms with Crippen molar-refractivity contribution in [2.75, 3.05) is 0 Å². The van der Waals surface area contributed by atoms with Gasteiger partial charge in [0.05, 0.1) is 0 Å². The first kappa shape index (κ1) is 65.9. The molecule has 0 amide bonds. The molecule has 1 aliphatic carbocycles. The molecule has 0 N–H and O–H groups in total. The maximum absolute atomic E-state index is 13.3. The fraction of sp³-hybridized carbons (Fsp3) is 0.0366. The van der Waals surface area contributed by atoms with Gasteiger partial charge in [-0.25, -0.2) is 33.6 Å². The van der Waals surface area contributed by atoms with Gasteiger partial charge in [0.25, 0.3) is 0 Å². The van der Waals surface area contributed by atoms with Crippen LogP contribution < -0.4 is 33.2 Å². The molecule has 0 saturated carbocycles. The monoisotopic (exact) mass is 1270 g/mol. The summed E-state index contributed by atoms with van der Waals surface area (Å²) in [5.41, 5.74) is 10.9. The molecule has 0 heterocycles. The second kappa shape index (κ2) is 30.4. The lowest BCUT2D eigenvalue weighted by atomic mass is 9.79. The van der Waals surface area contributed by atoms with Gasteiger partial charge >= 0.3 is 41.8 Å². The average molecular weight is 1270 g/mol. The van der Waals surface area contributed by atoms with Gasteiger partial charge in [0.2, 0.25) is 0 Å². The van der Waals surface area contributed by atoms with Crippen LogP contribution >= 0.6 is 0 Å². The van der Waals surface area contributed by atoms with Gasteiger partial charge in [-0.3, -0.25) is 0 Å². The van der Waals surface area contributed by atoms with E-state index in [1.54, 1.807) is 103 Å². The summed E-state index contributed by atoms with van der Waals surface area (Å²) in [4.78, 5) is 88.1.